The van der Waals surface area contributed by atoms with Crippen LogP contribution in [0.1, 0.15) is 27.7 Å². The van der Waals surface area contributed by atoms with E-state index >= 15 is 0 Å². The van der Waals surface area contributed by atoms with E-state index in [0.717, 1.165) is 27.7 Å². The predicted molar refractivity (Wildman–Crippen MR) is 87.7 cm³/mol. The first-order valence-electron chi connectivity index (χ1n) is 7.19. The second-order valence-corrected chi connectivity index (χ2v) is 6.45. The minimum absolute atomic E-state index is 0.0995. The fourth-order valence-corrected chi connectivity index (χ4v) is 3.13. The van der Waals surface area contributed by atoms with E-state index in [-0.39, 0.29) is 17.9 Å². The molecule has 0 aliphatic carbocycles. The van der Waals surface area contributed by atoms with Gasteiger partial charge in [0.2, 0.25) is 5.91 Å². The first-order valence-corrected chi connectivity index (χ1v) is 8.07. The number of carbonyl (C=O) groups excluding carboxylic acids is 1. The molecule has 0 bridgehead atoms. The van der Waals surface area contributed by atoms with Gasteiger partial charge in [-0.05, 0) is 20.8 Å². The first-order chi connectivity index (χ1) is 10.9. The lowest BCUT2D eigenvalue weighted by atomic mass is 10.1. The molecule has 3 rings (SSSR count). The molecular weight excluding hydrogens is 314 g/mol. The summed E-state index contributed by atoms with van der Waals surface area (Å²) in [7, 11) is 0. The highest BCUT2D eigenvalue weighted by Crippen LogP contribution is 2.14. The van der Waals surface area contributed by atoms with Crippen molar-refractivity contribution < 1.29 is 4.79 Å². The molecule has 0 spiro atoms. The van der Waals surface area contributed by atoms with Crippen LogP contribution in [-0.2, 0) is 17.8 Å². The molecule has 1 amide bonds. The van der Waals surface area contributed by atoms with Gasteiger partial charge in [0.15, 0.2) is 5.65 Å². The molecule has 3 heterocycles. The number of aromatic nitrogens is 4. The van der Waals surface area contributed by atoms with E-state index < -0.39 is 0 Å². The maximum absolute atomic E-state index is 12.2. The van der Waals surface area contributed by atoms with Gasteiger partial charge in [-0.15, -0.1) is 11.3 Å². The number of nitrogens with zero attached hydrogens (tertiary/aromatic N) is 3. The van der Waals surface area contributed by atoms with Gasteiger partial charge in [-0.1, -0.05) is 0 Å². The fraction of sp³-hybridized carbons (Fsp3) is 0.333. The van der Waals surface area contributed by atoms with Gasteiger partial charge < -0.3 is 5.32 Å². The van der Waals surface area contributed by atoms with Crippen LogP contribution in [0.15, 0.2) is 16.2 Å². The Morgan fingerprint density at radius 3 is 2.83 bits per heavy atom. The van der Waals surface area contributed by atoms with E-state index in [2.05, 4.69) is 20.4 Å². The summed E-state index contributed by atoms with van der Waals surface area (Å²) in [4.78, 5) is 32.3. The van der Waals surface area contributed by atoms with Crippen molar-refractivity contribution in [2.24, 2.45) is 0 Å². The number of hydrogen-bond acceptors (Lipinski definition) is 5. The van der Waals surface area contributed by atoms with Crippen LogP contribution in [0.5, 0.6) is 0 Å². The van der Waals surface area contributed by atoms with Gasteiger partial charge in [-0.25, -0.2) is 14.5 Å². The summed E-state index contributed by atoms with van der Waals surface area (Å²) in [5, 5.41) is 8.46. The van der Waals surface area contributed by atoms with Gasteiger partial charge >= 0.3 is 0 Å². The summed E-state index contributed by atoms with van der Waals surface area (Å²) in [6.45, 7) is 6.06. The zero-order valence-electron chi connectivity index (χ0n) is 13.1. The Labute approximate surface area is 136 Å². The molecule has 0 saturated heterocycles. The van der Waals surface area contributed by atoms with E-state index in [9.17, 15) is 9.59 Å². The van der Waals surface area contributed by atoms with Gasteiger partial charge in [-0.3, -0.25) is 14.7 Å². The maximum atomic E-state index is 12.2. The van der Waals surface area contributed by atoms with E-state index in [1.165, 1.54) is 6.07 Å². The quantitative estimate of drug-likeness (QED) is 0.753. The SMILES string of the molecule is Cc1nc(CNC(=O)Cc2c(C)nc3cc(=O)[nH]n3c2C)cs1. The van der Waals surface area contributed by atoms with Gasteiger partial charge in [0.25, 0.3) is 5.56 Å². The van der Waals surface area contributed by atoms with Crippen LogP contribution < -0.4 is 10.9 Å². The number of thiazole rings is 1. The van der Waals surface area contributed by atoms with Crippen molar-refractivity contribution in [1.82, 2.24) is 24.9 Å². The molecule has 2 N–H and O–H groups in total. The van der Waals surface area contributed by atoms with Crippen molar-refractivity contribution in [1.29, 1.82) is 0 Å². The zero-order valence-corrected chi connectivity index (χ0v) is 14.0. The molecule has 0 unspecified atom stereocenters. The molecule has 23 heavy (non-hydrogen) atoms. The lowest BCUT2D eigenvalue weighted by molar-refractivity contribution is -0.120. The normalized spacial score (nSPS) is 11.1. The molecule has 120 valence electrons. The van der Waals surface area contributed by atoms with Gasteiger partial charge in [0, 0.05) is 28.4 Å². The Morgan fingerprint density at radius 1 is 1.35 bits per heavy atom. The Balaban J connectivity index is 1.77. The summed E-state index contributed by atoms with van der Waals surface area (Å²) in [5.74, 6) is -0.0995. The molecule has 0 atom stereocenters. The van der Waals surface area contributed by atoms with Crippen molar-refractivity contribution in [2.75, 3.05) is 0 Å². The third kappa shape index (κ3) is 3.16. The summed E-state index contributed by atoms with van der Waals surface area (Å²) < 4.78 is 1.61. The summed E-state index contributed by atoms with van der Waals surface area (Å²) in [6.07, 6.45) is 0.212. The zero-order chi connectivity index (χ0) is 16.6. The van der Waals surface area contributed by atoms with Crippen LogP contribution in [0, 0.1) is 20.8 Å². The minimum atomic E-state index is -0.208. The number of hydrogen-bond donors (Lipinski definition) is 2. The Morgan fingerprint density at radius 2 is 2.13 bits per heavy atom. The third-order valence-corrected chi connectivity index (χ3v) is 4.50. The highest BCUT2D eigenvalue weighted by atomic mass is 32.1. The van der Waals surface area contributed by atoms with E-state index in [0.29, 0.717) is 12.2 Å². The van der Waals surface area contributed by atoms with E-state index in [1.807, 2.05) is 26.2 Å². The summed E-state index contributed by atoms with van der Waals surface area (Å²) >= 11 is 1.56. The van der Waals surface area contributed by atoms with Crippen molar-refractivity contribution in [3.63, 3.8) is 0 Å². The number of H-pyrrole nitrogens is 1. The van der Waals surface area contributed by atoms with Crippen LogP contribution >= 0.6 is 11.3 Å². The second-order valence-electron chi connectivity index (χ2n) is 5.39. The molecule has 0 aliphatic heterocycles. The van der Waals surface area contributed by atoms with Crippen molar-refractivity contribution >= 4 is 22.9 Å². The van der Waals surface area contributed by atoms with Crippen LogP contribution in [0.2, 0.25) is 0 Å². The number of aromatic amines is 1. The molecule has 0 aromatic carbocycles. The molecule has 3 aromatic heterocycles. The van der Waals surface area contributed by atoms with Gasteiger partial charge in [-0.2, -0.15) is 0 Å². The predicted octanol–water partition coefficient (Wildman–Crippen LogP) is 1.26. The van der Waals surface area contributed by atoms with Crippen LogP contribution in [-0.4, -0.2) is 25.5 Å². The molecule has 3 aromatic rings. The average molecular weight is 331 g/mol. The number of aryl methyl sites for hydroxylation is 3. The van der Waals surface area contributed by atoms with Crippen molar-refractivity contribution in [3.05, 3.63) is 49.5 Å². The number of amides is 1. The standard InChI is InChI=1S/C15H17N5O2S/c1-8-12(9(2)20-13(17-8)5-15(22)19-20)4-14(21)16-6-11-7-23-10(3)18-11/h5,7H,4,6H2,1-3H3,(H,16,21)(H,19,22). The molecule has 8 heteroatoms. The smallest absolute Gasteiger partial charge is 0.266 e. The van der Waals surface area contributed by atoms with Gasteiger partial charge in [0.1, 0.15) is 0 Å². The Hall–Kier alpha value is -2.48. The van der Waals surface area contributed by atoms with Crippen LogP contribution in [0.4, 0.5) is 0 Å². The third-order valence-electron chi connectivity index (χ3n) is 3.67. The molecule has 7 nitrogen and oxygen atoms in total. The van der Waals surface area contributed by atoms with E-state index in [4.69, 9.17) is 0 Å². The number of nitrogens with one attached hydrogen (secondary N) is 2. The second kappa shape index (κ2) is 5.96. The summed E-state index contributed by atoms with van der Waals surface area (Å²) in [6, 6.07) is 1.44. The van der Waals surface area contributed by atoms with Crippen LogP contribution in [0.3, 0.4) is 0 Å². The molecular formula is C15H17N5O2S. The largest absolute Gasteiger partial charge is 0.350 e. The highest BCUT2D eigenvalue weighted by molar-refractivity contribution is 7.09. The minimum Gasteiger partial charge on any atom is -0.350 e. The molecule has 0 aliphatic rings. The van der Waals surface area contributed by atoms with Crippen molar-refractivity contribution in [3.8, 4) is 0 Å². The molecule has 0 saturated carbocycles. The maximum Gasteiger partial charge on any atom is 0.266 e. The lowest BCUT2D eigenvalue weighted by Gasteiger charge is -2.11. The number of carbonyl (C=O) groups is 1. The first kappa shape index (κ1) is 15.4. The topological polar surface area (TPSA) is 92.2 Å². The Bertz CT molecular complexity index is 937. The van der Waals surface area contributed by atoms with Crippen molar-refractivity contribution in [2.45, 2.75) is 33.7 Å². The lowest BCUT2D eigenvalue weighted by Crippen LogP contribution is -2.26. The van der Waals surface area contributed by atoms with E-state index in [1.54, 1.807) is 15.9 Å². The molecule has 0 radical (unpaired) electrons. The molecule has 0 fully saturated rings. The highest BCUT2D eigenvalue weighted by Gasteiger charge is 2.14. The number of fused-ring (bicyclic) bond motifs is 1. The van der Waals surface area contributed by atoms with Gasteiger partial charge in [0.05, 0.1) is 23.7 Å². The monoisotopic (exact) mass is 331 g/mol. The summed E-state index contributed by atoms with van der Waals surface area (Å²) in [5.41, 5.74) is 3.59. The van der Waals surface area contributed by atoms with Crippen LogP contribution in [0.25, 0.3) is 5.65 Å². The fourth-order valence-electron chi connectivity index (χ4n) is 2.51. The Kier molecular flexibility index (Phi) is 3.99. The number of rotatable bonds is 4. The average Bonchev–Trinajstić information content (AvgIpc) is 3.06.